The number of anilines is 2. The zero-order valence-electron chi connectivity index (χ0n) is 20.5. The van der Waals surface area contributed by atoms with Gasteiger partial charge < -0.3 is 10.6 Å². The summed E-state index contributed by atoms with van der Waals surface area (Å²) in [6.45, 7) is 6.11. The molecule has 2 aromatic heterocycles. The summed E-state index contributed by atoms with van der Waals surface area (Å²) in [5.74, 6) is 0.812. The normalized spacial score (nSPS) is 15.8. The third-order valence-electron chi connectivity index (χ3n) is 6.58. The molecule has 1 aliphatic rings. The van der Waals surface area contributed by atoms with E-state index in [1.54, 1.807) is 9.25 Å². The molecular weight excluding hydrogens is 440 g/mol. The van der Waals surface area contributed by atoms with Gasteiger partial charge in [-0.05, 0) is 48.6 Å². The van der Waals surface area contributed by atoms with Crippen molar-refractivity contribution in [3.8, 4) is 0 Å². The number of aromatic nitrogens is 4. The number of nitrogens with zero attached hydrogens (tertiary/aromatic N) is 4. The number of nitrogens with one attached hydrogen (secondary N) is 2. The molecule has 1 saturated heterocycles. The maximum absolute atomic E-state index is 13.3. The molecule has 0 bridgehead atoms. The molecule has 2 N–H and O–H groups in total. The standard InChI is InChI=1S/C27H32N6O2/c1-18(2)16-32-25-23(26(34)31(3)27(32)35)24(29-21-8-5-4-6-9-21)33(30-25)17-19-11-13-20(14-12-19)22-10-7-15-28-22/h4-6,8-9,11-14,18,22,28-29H,7,10,15-17H2,1-3H3. The van der Waals surface area contributed by atoms with Gasteiger partial charge in [0.05, 0.1) is 6.54 Å². The highest BCUT2D eigenvalue weighted by Crippen LogP contribution is 2.26. The minimum atomic E-state index is -0.350. The number of benzene rings is 2. The fourth-order valence-electron chi connectivity index (χ4n) is 4.79. The molecule has 4 aromatic rings. The Morgan fingerprint density at radius 2 is 1.83 bits per heavy atom. The minimum Gasteiger partial charge on any atom is -0.340 e. The predicted octanol–water partition coefficient (Wildman–Crippen LogP) is 3.77. The molecule has 0 saturated carbocycles. The lowest BCUT2D eigenvalue weighted by Crippen LogP contribution is -2.38. The number of hydrogen-bond acceptors (Lipinski definition) is 5. The highest BCUT2D eigenvalue weighted by Gasteiger charge is 2.22. The molecule has 1 unspecified atom stereocenters. The molecular formula is C27H32N6O2. The second-order valence-electron chi connectivity index (χ2n) is 9.74. The van der Waals surface area contributed by atoms with Crippen LogP contribution in [0.5, 0.6) is 0 Å². The van der Waals surface area contributed by atoms with E-state index < -0.39 is 0 Å². The van der Waals surface area contributed by atoms with E-state index in [1.165, 1.54) is 23.6 Å². The first-order valence-electron chi connectivity index (χ1n) is 12.3. The number of hydrogen-bond donors (Lipinski definition) is 2. The highest BCUT2D eigenvalue weighted by atomic mass is 16.2. The Kier molecular flexibility index (Phi) is 6.30. The van der Waals surface area contributed by atoms with Gasteiger partial charge in [-0.1, -0.05) is 56.3 Å². The molecule has 0 aliphatic carbocycles. The Balaban J connectivity index is 1.62. The van der Waals surface area contributed by atoms with Gasteiger partial charge in [0, 0.05) is 25.3 Å². The van der Waals surface area contributed by atoms with Crippen LogP contribution in [-0.2, 0) is 20.1 Å². The first-order valence-corrected chi connectivity index (χ1v) is 12.3. The molecule has 1 fully saturated rings. The lowest BCUT2D eigenvalue weighted by Gasteiger charge is -2.13. The lowest BCUT2D eigenvalue weighted by molar-refractivity contribution is 0.498. The summed E-state index contributed by atoms with van der Waals surface area (Å²) >= 11 is 0. The maximum Gasteiger partial charge on any atom is 0.332 e. The van der Waals surface area contributed by atoms with Crippen molar-refractivity contribution < 1.29 is 0 Å². The summed E-state index contributed by atoms with van der Waals surface area (Å²) in [7, 11) is 1.53. The zero-order valence-corrected chi connectivity index (χ0v) is 20.5. The fourth-order valence-corrected chi connectivity index (χ4v) is 4.79. The second kappa shape index (κ2) is 9.54. The summed E-state index contributed by atoms with van der Waals surface area (Å²) in [6.07, 6.45) is 2.36. The molecule has 182 valence electrons. The van der Waals surface area contributed by atoms with Crippen LogP contribution in [0, 0.1) is 5.92 Å². The van der Waals surface area contributed by atoms with Crippen molar-refractivity contribution in [2.75, 3.05) is 11.9 Å². The van der Waals surface area contributed by atoms with Gasteiger partial charge in [-0.3, -0.25) is 13.9 Å². The fraction of sp³-hybridized carbons (Fsp3) is 0.370. The van der Waals surface area contributed by atoms with Gasteiger partial charge in [0.2, 0.25) is 0 Å². The van der Waals surface area contributed by atoms with Crippen LogP contribution in [0.4, 0.5) is 11.5 Å². The smallest absolute Gasteiger partial charge is 0.332 e. The largest absolute Gasteiger partial charge is 0.340 e. The molecule has 0 amide bonds. The van der Waals surface area contributed by atoms with Crippen molar-refractivity contribution in [3.05, 3.63) is 86.6 Å². The Morgan fingerprint density at radius 3 is 2.49 bits per heavy atom. The summed E-state index contributed by atoms with van der Waals surface area (Å²) in [6, 6.07) is 18.7. The van der Waals surface area contributed by atoms with Crippen LogP contribution in [0.3, 0.4) is 0 Å². The molecule has 1 atom stereocenters. The summed E-state index contributed by atoms with van der Waals surface area (Å²) < 4.78 is 4.59. The van der Waals surface area contributed by atoms with Gasteiger partial charge in [-0.25, -0.2) is 9.48 Å². The highest BCUT2D eigenvalue weighted by molar-refractivity contribution is 5.89. The van der Waals surface area contributed by atoms with Gasteiger partial charge in [0.25, 0.3) is 5.56 Å². The third kappa shape index (κ3) is 4.53. The van der Waals surface area contributed by atoms with Crippen molar-refractivity contribution in [2.24, 2.45) is 13.0 Å². The van der Waals surface area contributed by atoms with Gasteiger partial charge >= 0.3 is 5.69 Å². The van der Waals surface area contributed by atoms with Crippen LogP contribution in [0.2, 0.25) is 0 Å². The van der Waals surface area contributed by atoms with Crippen molar-refractivity contribution in [1.82, 2.24) is 24.2 Å². The molecule has 0 spiro atoms. The second-order valence-corrected chi connectivity index (χ2v) is 9.74. The lowest BCUT2D eigenvalue weighted by atomic mass is 10.0. The Morgan fingerprint density at radius 1 is 1.09 bits per heavy atom. The third-order valence-corrected chi connectivity index (χ3v) is 6.58. The van der Waals surface area contributed by atoms with Gasteiger partial charge in [0.1, 0.15) is 11.2 Å². The molecule has 2 aromatic carbocycles. The van der Waals surface area contributed by atoms with Crippen LogP contribution < -0.4 is 21.9 Å². The Bertz CT molecular complexity index is 1440. The molecule has 1 aliphatic heterocycles. The maximum atomic E-state index is 13.3. The van der Waals surface area contributed by atoms with E-state index in [4.69, 9.17) is 5.10 Å². The summed E-state index contributed by atoms with van der Waals surface area (Å²) in [5.41, 5.74) is 2.93. The predicted molar refractivity (Wildman–Crippen MR) is 139 cm³/mol. The topological polar surface area (TPSA) is 85.9 Å². The quantitative estimate of drug-likeness (QED) is 0.428. The first kappa shape index (κ1) is 23.1. The van der Waals surface area contributed by atoms with Crippen LogP contribution in [0.1, 0.15) is 43.9 Å². The van der Waals surface area contributed by atoms with Gasteiger partial charge in [-0.15, -0.1) is 0 Å². The average Bonchev–Trinajstić information content (AvgIpc) is 3.51. The number of rotatable bonds is 7. The van der Waals surface area contributed by atoms with Gasteiger partial charge in [-0.2, -0.15) is 5.10 Å². The van der Waals surface area contributed by atoms with Crippen molar-refractivity contribution in [1.29, 1.82) is 0 Å². The number of para-hydroxylation sites is 1. The number of fused-ring (bicyclic) bond motifs is 1. The molecule has 0 radical (unpaired) electrons. The monoisotopic (exact) mass is 472 g/mol. The first-order chi connectivity index (χ1) is 16.9. The SMILES string of the molecule is CC(C)Cn1c(=O)n(C)c(=O)c2c(Nc3ccccc3)n(Cc3ccc(C4CCCN4)cc3)nc21. The average molecular weight is 473 g/mol. The summed E-state index contributed by atoms with van der Waals surface area (Å²) in [4.78, 5) is 26.3. The van der Waals surface area contributed by atoms with Crippen LogP contribution >= 0.6 is 0 Å². The molecule has 35 heavy (non-hydrogen) atoms. The Hall–Kier alpha value is -3.65. The molecule has 3 heterocycles. The van der Waals surface area contributed by atoms with E-state index >= 15 is 0 Å². The van der Waals surface area contributed by atoms with Crippen LogP contribution in [-0.4, -0.2) is 25.5 Å². The molecule has 5 rings (SSSR count). The minimum absolute atomic E-state index is 0.223. The van der Waals surface area contributed by atoms with E-state index in [2.05, 4.69) is 34.9 Å². The molecule has 8 nitrogen and oxygen atoms in total. The van der Waals surface area contributed by atoms with Crippen molar-refractivity contribution in [3.63, 3.8) is 0 Å². The van der Waals surface area contributed by atoms with Crippen molar-refractivity contribution in [2.45, 2.75) is 45.8 Å². The van der Waals surface area contributed by atoms with Crippen LogP contribution in [0.15, 0.2) is 64.2 Å². The van der Waals surface area contributed by atoms with E-state index in [1.807, 2.05) is 44.2 Å². The van der Waals surface area contributed by atoms with Crippen molar-refractivity contribution >= 4 is 22.5 Å². The van der Waals surface area contributed by atoms with Crippen LogP contribution in [0.25, 0.3) is 11.0 Å². The van der Waals surface area contributed by atoms with E-state index in [-0.39, 0.29) is 17.2 Å². The van der Waals surface area contributed by atoms with Gasteiger partial charge in [0.15, 0.2) is 5.65 Å². The van der Waals surface area contributed by atoms with E-state index in [0.717, 1.165) is 24.2 Å². The van der Waals surface area contributed by atoms with E-state index in [0.29, 0.717) is 36.0 Å². The molecule has 8 heteroatoms. The van der Waals surface area contributed by atoms with E-state index in [9.17, 15) is 9.59 Å². The Labute approximate surface area is 204 Å². The summed E-state index contributed by atoms with van der Waals surface area (Å²) in [5, 5.41) is 12.2. The zero-order chi connectivity index (χ0) is 24.5.